The topological polar surface area (TPSA) is 83.6 Å². The van der Waals surface area contributed by atoms with Crippen molar-refractivity contribution in [3.63, 3.8) is 0 Å². The predicted octanol–water partition coefficient (Wildman–Crippen LogP) is 2.77. The van der Waals surface area contributed by atoms with Gasteiger partial charge in [-0.25, -0.2) is 9.78 Å². The van der Waals surface area contributed by atoms with E-state index in [4.69, 9.17) is 16.3 Å². The summed E-state index contributed by atoms with van der Waals surface area (Å²) in [7, 11) is 0. The van der Waals surface area contributed by atoms with E-state index in [-0.39, 0.29) is 17.9 Å². The number of carbonyl (C=O) groups is 2. The molecule has 2 N–H and O–H groups in total. The Hall–Kier alpha value is -1.86. The van der Waals surface area contributed by atoms with E-state index in [1.165, 1.54) is 6.20 Å². The van der Waals surface area contributed by atoms with Crippen molar-refractivity contribution < 1.29 is 14.3 Å². The number of amides is 3. The van der Waals surface area contributed by atoms with Gasteiger partial charge in [0.05, 0.1) is 11.6 Å². The minimum atomic E-state index is -0.120. The lowest BCUT2D eigenvalue weighted by molar-refractivity contribution is -0.121. The van der Waals surface area contributed by atoms with Gasteiger partial charge in [0, 0.05) is 38.4 Å². The fourth-order valence-electron chi connectivity index (χ4n) is 2.68. The second-order valence-electron chi connectivity index (χ2n) is 6.81. The van der Waals surface area contributed by atoms with E-state index in [0.29, 0.717) is 62.4 Å². The van der Waals surface area contributed by atoms with Crippen LogP contribution in [-0.4, -0.2) is 54.7 Å². The van der Waals surface area contributed by atoms with Crippen LogP contribution in [0.4, 0.5) is 10.6 Å². The van der Waals surface area contributed by atoms with E-state index in [1.807, 2.05) is 0 Å². The van der Waals surface area contributed by atoms with Crippen molar-refractivity contribution in [2.24, 2.45) is 11.8 Å². The van der Waals surface area contributed by atoms with Crippen molar-refractivity contribution >= 4 is 29.4 Å². The van der Waals surface area contributed by atoms with E-state index in [9.17, 15) is 9.59 Å². The molecule has 26 heavy (non-hydrogen) atoms. The van der Waals surface area contributed by atoms with Crippen LogP contribution >= 0.6 is 11.6 Å². The zero-order valence-electron chi connectivity index (χ0n) is 15.3. The van der Waals surface area contributed by atoms with Crippen molar-refractivity contribution in [1.29, 1.82) is 0 Å². The van der Waals surface area contributed by atoms with Crippen LogP contribution in [-0.2, 0) is 9.53 Å². The molecule has 1 aliphatic rings. The zero-order valence-corrected chi connectivity index (χ0v) is 16.1. The molecule has 3 amide bonds. The van der Waals surface area contributed by atoms with Crippen LogP contribution in [0, 0.1) is 11.8 Å². The number of likely N-dealkylation sites (tertiary alicyclic amines) is 1. The van der Waals surface area contributed by atoms with Gasteiger partial charge in [-0.1, -0.05) is 25.4 Å². The van der Waals surface area contributed by atoms with Crippen LogP contribution in [0.15, 0.2) is 18.3 Å². The molecule has 8 heteroatoms. The minimum Gasteiger partial charge on any atom is -0.379 e. The highest BCUT2D eigenvalue weighted by Gasteiger charge is 2.27. The molecule has 0 saturated carbocycles. The number of pyridine rings is 1. The minimum absolute atomic E-state index is 0.0676. The monoisotopic (exact) mass is 382 g/mol. The number of nitrogens with one attached hydrogen (secondary N) is 2. The lowest BCUT2D eigenvalue weighted by atomic mass is 9.96. The van der Waals surface area contributed by atoms with E-state index >= 15 is 0 Å². The third-order valence-corrected chi connectivity index (χ3v) is 4.33. The Morgan fingerprint density at radius 3 is 2.69 bits per heavy atom. The molecule has 7 nitrogen and oxygen atoms in total. The van der Waals surface area contributed by atoms with Gasteiger partial charge < -0.3 is 20.3 Å². The van der Waals surface area contributed by atoms with Gasteiger partial charge in [0.25, 0.3) is 0 Å². The number of hydrogen-bond acceptors (Lipinski definition) is 4. The first-order valence-electron chi connectivity index (χ1n) is 8.98. The fourth-order valence-corrected chi connectivity index (χ4v) is 2.80. The number of piperidine rings is 1. The number of rotatable bonds is 7. The quantitative estimate of drug-likeness (QED) is 0.710. The van der Waals surface area contributed by atoms with Gasteiger partial charge in [0.2, 0.25) is 5.91 Å². The van der Waals surface area contributed by atoms with Gasteiger partial charge in [-0.05, 0) is 30.9 Å². The number of urea groups is 1. The number of aromatic nitrogens is 1. The number of carbonyl (C=O) groups excluding carboxylic acids is 2. The summed E-state index contributed by atoms with van der Waals surface area (Å²) in [6.45, 7) is 6.99. The molecule has 0 bridgehead atoms. The third-order valence-electron chi connectivity index (χ3n) is 4.11. The lowest BCUT2D eigenvalue weighted by Crippen LogP contribution is -2.46. The molecular weight excluding hydrogens is 356 g/mol. The molecule has 2 heterocycles. The maximum atomic E-state index is 12.3. The number of ether oxygens (including phenoxy) is 1. The largest absolute Gasteiger partial charge is 0.379 e. The van der Waals surface area contributed by atoms with Crippen molar-refractivity contribution in [2.45, 2.75) is 26.7 Å². The molecule has 1 aromatic rings. The van der Waals surface area contributed by atoms with E-state index in [1.54, 1.807) is 17.0 Å². The Morgan fingerprint density at radius 1 is 1.35 bits per heavy atom. The van der Waals surface area contributed by atoms with Crippen molar-refractivity contribution in [3.05, 3.63) is 23.4 Å². The summed E-state index contributed by atoms with van der Waals surface area (Å²) in [4.78, 5) is 30.2. The normalized spacial score (nSPS) is 15.2. The van der Waals surface area contributed by atoms with Gasteiger partial charge in [-0.15, -0.1) is 0 Å². The SMILES string of the molecule is CC(C)COCCNC(=O)N1CCC(C(=O)Nc2ccc(Cl)cn2)CC1. The van der Waals surface area contributed by atoms with Crippen LogP contribution in [0.25, 0.3) is 0 Å². The summed E-state index contributed by atoms with van der Waals surface area (Å²) in [6.07, 6.45) is 2.77. The summed E-state index contributed by atoms with van der Waals surface area (Å²) in [5, 5.41) is 6.18. The Kier molecular flexibility index (Phi) is 8.12. The van der Waals surface area contributed by atoms with E-state index in [2.05, 4.69) is 29.5 Å². The molecule has 0 unspecified atom stereocenters. The first kappa shape index (κ1) is 20.5. The van der Waals surface area contributed by atoms with Crippen molar-refractivity contribution in [3.8, 4) is 0 Å². The molecule has 144 valence electrons. The van der Waals surface area contributed by atoms with Gasteiger partial charge in [-0.3, -0.25) is 4.79 Å². The van der Waals surface area contributed by atoms with E-state index in [0.717, 1.165) is 0 Å². The average molecular weight is 383 g/mol. The highest BCUT2D eigenvalue weighted by atomic mass is 35.5. The number of nitrogens with zero attached hydrogens (tertiary/aromatic N) is 2. The van der Waals surface area contributed by atoms with Gasteiger partial charge in [-0.2, -0.15) is 0 Å². The predicted molar refractivity (Wildman–Crippen MR) is 101 cm³/mol. The Labute approximate surface area is 159 Å². The van der Waals surface area contributed by atoms with Gasteiger partial charge in [0.15, 0.2) is 0 Å². The second kappa shape index (κ2) is 10.3. The summed E-state index contributed by atoms with van der Waals surface area (Å²) in [5.41, 5.74) is 0. The summed E-state index contributed by atoms with van der Waals surface area (Å²) in [5.74, 6) is 0.785. The standard InChI is InChI=1S/C18H27ClN4O3/c1-13(2)12-26-10-7-20-18(25)23-8-5-14(6-9-23)17(24)22-16-4-3-15(19)11-21-16/h3-4,11,13-14H,5-10,12H2,1-2H3,(H,20,25)(H,21,22,24). The first-order valence-corrected chi connectivity index (χ1v) is 9.36. The summed E-state index contributed by atoms with van der Waals surface area (Å²) in [6, 6.07) is 3.25. The smallest absolute Gasteiger partial charge is 0.317 e. The Bertz CT molecular complexity index is 587. The van der Waals surface area contributed by atoms with Crippen LogP contribution < -0.4 is 10.6 Å². The molecule has 0 radical (unpaired) electrons. The lowest BCUT2D eigenvalue weighted by Gasteiger charge is -2.31. The molecule has 0 aliphatic carbocycles. The zero-order chi connectivity index (χ0) is 18.9. The number of halogens is 1. The van der Waals surface area contributed by atoms with Crippen LogP contribution in [0.1, 0.15) is 26.7 Å². The average Bonchev–Trinajstić information content (AvgIpc) is 2.63. The molecule has 0 spiro atoms. The summed E-state index contributed by atoms with van der Waals surface area (Å²) >= 11 is 5.78. The molecular formula is C18H27ClN4O3. The van der Waals surface area contributed by atoms with E-state index < -0.39 is 0 Å². The number of hydrogen-bond donors (Lipinski definition) is 2. The van der Waals surface area contributed by atoms with Crippen LogP contribution in [0.3, 0.4) is 0 Å². The van der Waals surface area contributed by atoms with Crippen molar-refractivity contribution in [2.75, 3.05) is 38.2 Å². The van der Waals surface area contributed by atoms with Crippen LogP contribution in [0.2, 0.25) is 5.02 Å². The molecule has 1 aliphatic heterocycles. The maximum absolute atomic E-state index is 12.3. The van der Waals surface area contributed by atoms with Crippen molar-refractivity contribution in [1.82, 2.24) is 15.2 Å². The fraction of sp³-hybridized carbons (Fsp3) is 0.611. The van der Waals surface area contributed by atoms with Crippen LogP contribution in [0.5, 0.6) is 0 Å². The molecule has 0 aromatic carbocycles. The Morgan fingerprint density at radius 2 is 2.08 bits per heavy atom. The third kappa shape index (κ3) is 6.80. The molecule has 0 atom stereocenters. The summed E-state index contributed by atoms with van der Waals surface area (Å²) < 4.78 is 5.44. The molecule has 2 rings (SSSR count). The van der Waals surface area contributed by atoms with Gasteiger partial charge >= 0.3 is 6.03 Å². The number of anilines is 1. The first-order chi connectivity index (χ1) is 12.5. The molecule has 1 fully saturated rings. The maximum Gasteiger partial charge on any atom is 0.317 e. The second-order valence-corrected chi connectivity index (χ2v) is 7.25. The van der Waals surface area contributed by atoms with Gasteiger partial charge in [0.1, 0.15) is 5.82 Å². The molecule has 1 saturated heterocycles. The highest BCUT2D eigenvalue weighted by molar-refractivity contribution is 6.30. The molecule has 1 aromatic heterocycles. The highest BCUT2D eigenvalue weighted by Crippen LogP contribution is 2.19. The Balaban J connectivity index is 1.66.